The first-order valence-electron chi connectivity index (χ1n) is 13.5. The van der Waals surface area contributed by atoms with E-state index in [2.05, 4.69) is 30.7 Å². The summed E-state index contributed by atoms with van der Waals surface area (Å²) in [5, 5.41) is 28.1. The van der Waals surface area contributed by atoms with Gasteiger partial charge in [0.1, 0.15) is 6.04 Å². The highest BCUT2D eigenvalue weighted by Gasteiger charge is 2.35. The highest BCUT2D eigenvalue weighted by atomic mass is 16.4. The predicted molar refractivity (Wildman–Crippen MR) is 149 cm³/mol. The van der Waals surface area contributed by atoms with E-state index >= 15 is 0 Å². The number of aliphatic hydroxyl groups is 1. The number of carbonyl (C=O) groups is 3. The minimum atomic E-state index is -1.07. The third kappa shape index (κ3) is 6.79. The zero-order valence-electron chi connectivity index (χ0n) is 21.9. The van der Waals surface area contributed by atoms with E-state index in [1.54, 1.807) is 12.1 Å². The lowest BCUT2D eigenvalue weighted by atomic mass is 9.90. The van der Waals surface area contributed by atoms with Crippen molar-refractivity contribution in [2.45, 2.75) is 37.3 Å². The van der Waals surface area contributed by atoms with E-state index in [0.29, 0.717) is 37.9 Å². The van der Waals surface area contributed by atoms with Crippen LogP contribution in [-0.2, 0) is 9.59 Å². The van der Waals surface area contributed by atoms with E-state index in [1.165, 1.54) is 0 Å². The van der Waals surface area contributed by atoms with Gasteiger partial charge in [-0.05, 0) is 67.8 Å². The van der Waals surface area contributed by atoms with Gasteiger partial charge in [-0.1, -0.05) is 0 Å². The Hall–Kier alpha value is -3.83. The average Bonchev–Trinajstić information content (AvgIpc) is 2.92. The number of anilines is 4. The Morgan fingerprint density at radius 3 is 2.00 bits per heavy atom. The monoisotopic (exact) mass is 536 g/mol. The molecule has 39 heavy (non-hydrogen) atoms. The fourth-order valence-corrected chi connectivity index (χ4v) is 5.60. The van der Waals surface area contributed by atoms with Crippen LogP contribution in [0, 0.1) is 0 Å². The van der Waals surface area contributed by atoms with Crippen molar-refractivity contribution in [3.05, 3.63) is 48.5 Å². The maximum Gasteiger partial charge on any atom is 0.409 e. The maximum atomic E-state index is 12.0. The number of imide groups is 1. The van der Waals surface area contributed by atoms with Crippen molar-refractivity contribution in [3.8, 4) is 0 Å². The molecule has 3 heterocycles. The van der Waals surface area contributed by atoms with E-state index < -0.39 is 17.7 Å². The summed E-state index contributed by atoms with van der Waals surface area (Å²) in [6.45, 7) is 5.64. The van der Waals surface area contributed by atoms with Crippen LogP contribution in [0.3, 0.4) is 0 Å². The van der Waals surface area contributed by atoms with Crippen LogP contribution in [0.1, 0.15) is 25.7 Å². The number of carboxylic acid groups (broad SMARTS) is 1. The van der Waals surface area contributed by atoms with E-state index in [9.17, 15) is 19.5 Å². The number of piperidine rings is 2. The van der Waals surface area contributed by atoms with Crippen molar-refractivity contribution < 1.29 is 24.6 Å². The molecule has 2 aromatic carbocycles. The Bertz CT molecular complexity index is 1170. The lowest BCUT2D eigenvalue weighted by molar-refractivity contribution is -0.133. The van der Waals surface area contributed by atoms with Gasteiger partial charge < -0.3 is 25.3 Å². The number of nitrogens with zero attached hydrogens (tertiary/aromatic N) is 3. The number of piperazine rings is 1. The summed E-state index contributed by atoms with van der Waals surface area (Å²) >= 11 is 0. The van der Waals surface area contributed by atoms with Gasteiger partial charge in [-0.3, -0.25) is 25.1 Å². The first-order valence-corrected chi connectivity index (χ1v) is 13.5. The topological polar surface area (TPSA) is 137 Å². The molecular weight excluding hydrogens is 500 g/mol. The number of carbonyl (C=O) groups excluding carboxylic acids is 2. The zero-order chi connectivity index (χ0) is 27.4. The minimum Gasteiger partial charge on any atom is -0.465 e. The van der Waals surface area contributed by atoms with Crippen LogP contribution >= 0.6 is 0 Å². The van der Waals surface area contributed by atoms with Gasteiger partial charge >= 0.3 is 6.09 Å². The van der Waals surface area contributed by atoms with Crippen molar-refractivity contribution in [1.29, 1.82) is 0 Å². The number of hydrogen-bond donors (Lipinski definition) is 5. The standard InChI is InChI=1S/C28H36N6O5/c35-25-10-9-24(26(36)31-25)29-20-1-5-22(6-2-20)33-13-11-28(39,12-14-33)19-32-15-17-34(18-16-32)23-7-3-21(4-8-23)30-27(37)38/h1-8,24,29-30,39H,9-19H2,(H,37,38)(H,31,35,36). The molecular formula is C28H36N6O5. The zero-order valence-corrected chi connectivity index (χ0v) is 21.9. The molecule has 0 saturated carbocycles. The molecule has 1 unspecified atom stereocenters. The molecule has 5 N–H and O–H groups in total. The molecule has 3 aliphatic rings. The molecule has 0 aliphatic carbocycles. The molecule has 0 spiro atoms. The van der Waals surface area contributed by atoms with E-state index in [0.717, 1.165) is 56.3 Å². The normalized spacial score (nSPS) is 21.8. The Labute approximate surface area is 227 Å². The molecule has 11 heteroatoms. The number of amides is 3. The SMILES string of the molecule is O=C(O)Nc1ccc(N2CCN(CC3(O)CCN(c4ccc(NC5CCC(=O)NC5=O)cc4)CC3)CC2)cc1. The number of rotatable bonds is 7. The molecule has 0 aromatic heterocycles. The summed E-state index contributed by atoms with van der Waals surface area (Å²) in [6.07, 6.45) is 1.15. The van der Waals surface area contributed by atoms with Crippen molar-refractivity contribution in [2.24, 2.45) is 0 Å². The van der Waals surface area contributed by atoms with Gasteiger partial charge in [0.15, 0.2) is 0 Å². The maximum absolute atomic E-state index is 12.0. The van der Waals surface area contributed by atoms with Crippen LogP contribution in [0.25, 0.3) is 0 Å². The van der Waals surface area contributed by atoms with E-state index in [-0.39, 0.29) is 11.8 Å². The molecule has 0 radical (unpaired) electrons. The average molecular weight is 537 g/mol. The third-order valence-corrected chi connectivity index (χ3v) is 7.88. The van der Waals surface area contributed by atoms with Gasteiger partial charge in [0.25, 0.3) is 0 Å². The second-order valence-corrected chi connectivity index (χ2v) is 10.6. The molecule has 3 amide bonds. The smallest absolute Gasteiger partial charge is 0.409 e. The molecule has 3 aliphatic heterocycles. The lowest BCUT2D eigenvalue weighted by Crippen LogP contribution is -2.55. The quantitative estimate of drug-likeness (QED) is 0.337. The molecule has 0 bridgehead atoms. The number of nitrogens with one attached hydrogen (secondary N) is 3. The van der Waals surface area contributed by atoms with Gasteiger partial charge in [-0.2, -0.15) is 0 Å². The third-order valence-electron chi connectivity index (χ3n) is 7.88. The van der Waals surface area contributed by atoms with Crippen LogP contribution < -0.4 is 25.8 Å². The molecule has 3 saturated heterocycles. The van der Waals surface area contributed by atoms with Crippen LogP contribution in [-0.4, -0.2) is 90.5 Å². The molecule has 3 fully saturated rings. The van der Waals surface area contributed by atoms with Crippen LogP contribution in [0.4, 0.5) is 27.5 Å². The summed E-state index contributed by atoms with van der Waals surface area (Å²) in [5.74, 6) is -0.503. The fourth-order valence-electron chi connectivity index (χ4n) is 5.60. The summed E-state index contributed by atoms with van der Waals surface area (Å²) in [6, 6.07) is 15.0. The Kier molecular flexibility index (Phi) is 7.89. The molecule has 2 aromatic rings. The van der Waals surface area contributed by atoms with Crippen LogP contribution in [0.2, 0.25) is 0 Å². The number of β-amino-alcohol motifs (C(OH)–C–C–N with tert-alkyl or cyclic N) is 1. The Morgan fingerprint density at radius 1 is 0.872 bits per heavy atom. The number of hydrogen-bond acceptors (Lipinski definition) is 8. The summed E-state index contributed by atoms with van der Waals surface area (Å²) in [4.78, 5) is 41.0. The van der Waals surface area contributed by atoms with Crippen LogP contribution in [0.5, 0.6) is 0 Å². The fraction of sp³-hybridized carbons (Fsp3) is 0.464. The van der Waals surface area contributed by atoms with Gasteiger partial charge in [-0.25, -0.2) is 4.79 Å². The highest BCUT2D eigenvalue weighted by molar-refractivity contribution is 6.01. The van der Waals surface area contributed by atoms with Gasteiger partial charge in [-0.15, -0.1) is 0 Å². The van der Waals surface area contributed by atoms with Gasteiger partial charge in [0.05, 0.1) is 5.60 Å². The summed E-state index contributed by atoms with van der Waals surface area (Å²) in [5.41, 5.74) is 2.84. The first-order chi connectivity index (χ1) is 18.8. The van der Waals surface area contributed by atoms with Gasteiger partial charge in [0, 0.05) is 75.0 Å². The molecule has 1 atom stereocenters. The molecule has 208 valence electrons. The second-order valence-electron chi connectivity index (χ2n) is 10.6. The molecule has 5 rings (SSSR count). The predicted octanol–water partition coefficient (Wildman–Crippen LogP) is 2.15. The van der Waals surface area contributed by atoms with Crippen molar-refractivity contribution in [3.63, 3.8) is 0 Å². The summed E-state index contributed by atoms with van der Waals surface area (Å²) < 4.78 is 0. The largest absolute Gasteiger partial charge is 0.465 e. The van der Waals surface area contributed by atoms with Crippen molar-refractivity contribution in [1.82, 2.24) is 10.2 Å². The Morgan fingerprint density at radius 2 is 1.44 bits per heavy atom. The van der Waals surface area contributed by atoms with Crippen molar-refractivity contribution in [2.75, 3.05) is 66.2 Å². The van der Waals surface area contributed by atoms with Gasteiger partial charge in [0.2, 0.25) is 11.8 Å². The molecule has 11 nitrogen and oxygen atoms in total. The Balaban J connectivity index is 1.06. The lowest BCUT2D eigenvalue weighted by Gasteiger charge is -2.44. The number of benzene rings is 2. The first kappa shape index (κ1) is 26.8. The minimum absolute atomic E-state index is 0.222. The van der Waals surface area contributed by atoms with Crippen LogP contribution in [0.15, 0.2) is 48.5 Å². The second kappa shape index (κ2) is 11.5. The summed E-state index contributed by atoms with van der Waals surface area (Å²) in [7, 11) is 0. The van der Waals surface area contributed by atoms with E-state index in [1.807, 2.05) is 36.4 Å². The van der Waals surface area contributed by atoms with E-state index in [4.69, 9.17) is 5.11 Å². The van der Waals surface area contributed by atoms with Crippen molar-refractivity contribution >= 4 is 40.7 Å². The highest BCUT2D eigenvalue weighted by Crippen LogP contribution is 2.29.